The fourth-order valence-electron chi connectivity index (χ4n) is 1.30. The Morgan fingerprint density at radius 3 is 3.00 bits per heavy atom. The van der Waals surface area contributed by atoms with Gasteiger partial charge in [-0.2, -0.15) is 0 Å². The van der Waals surface area contributed by atoms with E-state index in [9.17, 15) is 4.79 Å². The second-order valence-electron chi connectivity index (χ2n) is 3.25. The van der Waals surface area contributed by atoms with Crippen molar-refractivity contribution in [2.45, 2.75) is 11.8 Å². The number of thioether (sulfide) groups is 1. The molecule has 1 aliphatic heterocycles. The lowest BCUT2D eigenvalue weighted by atomic mass is 10.4. The molecule has 88 valence electrons. The molecule has 1 aliphatic rings. The van der Waals surface area contributed by atoms with Gasteiger partial charge in [-0.1, -0.05) is 18.3 Å². The number of amides is 1. The van der Waals surface area contributed by atoms with Crippen LogP contribution in [0.4, 0.5) is 4.79 Å². The van der Waals surface area contributed by atoms with Crippen molar-refractivity contribution in [3.63, 3.8) is 0 Å². The van der Waals surface area contributed by atoms with Crippen molar-refractivity contribution in [3.8, 4) is 0 Å². The van der Waals surface area contributed by atoms with Crippen LogP contribution in [0.15, 0.2) is 28.4 Å². The SMILES string of the molecule is C=CC1=C(N(C)C(=O)O)SC(CCN=C)N1. The number of carbonyl (C=O) groups is 1. The number of allylic oxidation sites excluding steroid dienone is 1. The summed E-state index contributed by atoms with van der Waals surface area (Å²) in [6, 6.07) is 0. The van der Waals surface area contributed by atoms with Crippen LogP contribution in [0.3, 0.4) is 0 Å². The average molecular weight is 241 g/mol. The van der Waals surface area contributed by atoms with Gasteiger partial charge in [-0.3, -0.25) is 4.90 Å². The van der Waals surface area contributed by atoms with Crippen LogP contribution >= 0.6 is 11.8 Å². The molecule has 0 fully saturated rings. The fourth-order valence-corrected chi connectivity index (χ4v) is 2.48. The standard InChI is InChI=1S/C10H15N3O2S/c1-4-7-9(13(3)10(14)15)16-8(12-7)5-6-11-2/h4,8,12H,1-2,5-6H2,3H3,(H,14,15). The molecular formula is C10H15N3O2S. The monoisotopic (exact) mass is 241 g/mol. The molecule has 5 nitrogen and oxygen atoms in total. The van der Waals surface area contributed by atoms with E-state index in [-0.39, 0.29) is 5.37 Å². The highest BCUT2D eigenvalue weighted by Gasteiger charge is 2.27. The largest absolute Gasteiger partial charge is 0.465 e. The Hall–Kier alpha value is -1.43. The summed E-state index contributed by atoms with van der Waals surface area (Å²) in [6.45, 7) is 7.73. The first kappa shape index (κ1) is 12.6. The molecule has 0 bridgehead atoms. The van der Waals surface area contributed by atoms with E-state index in [0.717, 1.165) is 12.1 Å². The third-order valence-electron chi connectivity index (χ3n) is 2.15. The van der Waals surface area contributed by atoms with E-state index in [0.29, 0.717) is 11.6 Å². The zero-order valence-electron chi connectivity index (χ0n) is 9.14. The Kier molecular flexibility index (Phi) is 4.42. The minimum absolute atomic E-state index is 0.135. The lowest BCUT2D eigenvalue weighted by molar-refractivity contribution is 0.169. The Morgan fingerprint density at radius 1 is 1.81 bits per heavy atom. The van der Waals surface area contributed by atoms with Crippen LogP contribution in [0.2, 0.25) is 0 Å². The molecular weight excluding hydrogens is 226 g/mol. The molecule has 16 heavy (non-hydrogen) atoms. The van der Waals surface area contributed by atoms with Crippen LogP contribution < -0.4 is 5.32 Å². The average Bonchev–Trinajstić information content (AvgIpc) is 2.68. The van der Waals surface area contributed by atoms with E-state index in [2.05, 4.69) is 23.6 Å². The van der Waals surface area contributed by atoms with Gasteiger partial charge in [0, 0.05) is 13.6 Å². The van der Waals surface area contributed by atoms with Crippen molar-refractivity contribution in [2.24, 2.45) is 4.99 Å². The predicted octanol–water partition coefficient (Wildman–Crippen LogP) is 1.70. The Labute approximate surface area is 98.9 Å². The third kappa shape index (κ3) is 2.79. The zero-order valence-corrected chi connectivity index (χ0v) is 9.96. The van der Waals surface area contributed by atoms with Crippen LogP contribution in [0.1, 0.15) is 6.42 Å². The van der Waals surface area contributed by atoms with Crippen LogP contribution in [0.25, 0.3) is 0 Å². The van der Waals surface area contributed by atoms with Crippen molar-refractivity contribution >= 4 is 24.6 Å². The van der Waals surface area contributed by atoms with Crippen LogP contribution in [-0.2, 0) is 0 Å². The number of aliphatic imine (C=N–C) groups is 1. The number of carboxylic acid groups (broad SMARTS) is 1. The smallest absolute Gasteiger partial charge is 0.412 e. The summed E-state index contributed by atoms with van der Waals surface area (Å²) < 4.78 is 0. The maximum absolute atomic E-state index is 10.9. The van der Waals surface area contributed by atoms with Gasteiger partial charge in [0.25, 0.3) is 0 Å². The van der Waals surface area contributed by atoms with Gasteiger partial charge in [-0.15, -0.1) is 0 Å². The minimum Gasteiger partial charge on any atom is -0.465 e. The third-order valence-corrected chi connectivity index (χ3v) is 3.50. The molecule has 1 heterocycles. The molecule has 0 aromatic heterocycles. The highest BCUT2D eigenvalue weighted by Crippen LogP contribution is 2.34. The number of hydrogen-bond acceptors (Lipinski definition) is 4. The second kappa shape index (κ2) is 5.60. The Bertz CT molecular complexity index is 341. The number of nitrogens with zero attached hydrogens (tertiary/aromatic N) is 2. The molecule has 6 heteroatoms. The molecule has 2 N–H and O–H groups in total. The topological polar surface area (TPSA) is 64.9 Å². The first-order valence-electron chi connectivity index (χ1n) is 4.79. The summed E-state index contributed by atoms with van der Waals surface area (Å²) in [5.41, 5.74) is 0.754. The summed E-state index contributed by atoms with van der Waals surface area (Å²) in [5, 5.41) is 12.9. The molecule has 0 radical (unpaired) electrons. The fraction of sp³-hybridized carbons (Fsp3) is 0.400. The zero-order chi connectivity index (χ0) is 12.1. The quantitative estimate of drug-likeness (QED) is 0.719. The van der Waals surface area contributed by atoms with E-state index >= 15 is 0 Å². The molecule has 0 saturated carbocycles. The van der Waals surface area contributed by atoms with Crippen molar-refractivity contribution in [3.05, 3.63) is 23.4 Å². The predicted molar refractivity (Wildman–Crippen MR) is 66.6 cm³/mol. The maximum Gasteiger partial charge on any atom is 0.412 e. The first-order chi connectivity index (χ1) is 7.60. The Balaban J connectivity index is 2.70. The number of nitrogens with one attached hydrogen (secondary N) is 1. The summed E-state index contributed by atoms with van der Waals surface area (Å²) in [4.78, 5) is 15.8. The lowest BCUT2D eigenvalue weighted by Gasteiger charge is -2.14. The lowest BCUT2D eigenvalue weighted by Crippen LogP contribution is -2.23. The van der Waals surface area contributed by atoms with Crippen LogP contribution in [-0.4, -0.2) is 41.8 Å². The van der Waals surface area contributed by atoms with E-state index < -0.39 is 6.09 Å². The van der Waals surface area contributed by atoms with E-state index in [1.54, 1.807) is 6.08 Å². The maximum atomic E-state index is 10.9. The molecule has 1 amide bonds. The minimum atomic E-state index is -0.980. The molecule has 1 unspecified atom stereocenters. The second-order valence-corrected chi connectivity index (χ2v) is 4.44. The molecule has 0 aromatic rings. The van der Waals surface area contributed by atoms with Crippen molar-refractivity contribution < 1.29 is 9.90 Å². The number of hydrogen-bond donors (Lipinski definition) is 2. The molecule has 1 atom stereocenters. The van der Waals surface area contributed by atoms with E-state index in [1.807, 2.05) is 0 Å². The Morgan fingerprint density at radius 2 is 2.50 bits per heavy atom. The van der Waals surface area contributed by atoms with Gasteiger partial charge < -0.3 is 15.4 Å². The van der Waals surface area contributed by atoms with E-state index in [4.69, 9.17) is 5.11 Å². The van der Waals surface area contributed by atoms with Gasteiger partial charge in [0.15, 0.2) is 0 Å². The van der Waals surface area contributed by atoms with E-state index in [1.165, 1.54) is 23.7 Å². The summed E-state index contributed by atoms with van der Waals surface area (Å²) in [6.07, 6.45) is 1.46. The van der Waals surface area contributed by atoms with Crippen molar-refractivity contribution in [1.29, 1.82) is 0 Å². The van der Waals surface area contributed by atoms with Crippen LogP contribution in [0.5, 0.6) is 0 Å². The molecule has 0 saturated heterocycles. The molecule has 0 spiro atoms. The van der Waals surface area contributed by atoms with Gasteiger partial charge >= 0.3 is 6.09 Å². The van der Waals surface area contributed by atoms with Gasteiger partial charge in [-0.05, 0) is 19.2 Å². The van der Waals surface area contributed by atoms with Gasteiger partial charge in [0.2, 0.25) is 0 Å². The molecule has 1 rings (SSSR count). The van der Waals surface area contributed by atoms with Gasteiger partial charge in [0.05, 0.1) is 11.1 Å². The van der Waals surface area contributed by atoms with Crippen molar-refractivity contribution in [1.82, 2.24) is 10.2 Å². The first-order valence-corrected chi connectivity index (χ1v) is 5.67. The highest BCUT2D eigenvalue weighted by molar-refractivity contribution is 8.03. The molecule has 0 aliphatic carbocycles. The van der Waals surface area contributed by atoms with Crippen LogP contribution in [0, 0.1) is 0 Å². The summed E-state index contributed by atoms with van der Waals surface area (Å²) in [7, 11) is 1.52. The van der Waals surface area contributed by atoms with Crippen molar-refractivity contribution in [2.75, 3.05) is 13.6 Å². The highest BCUT2D eigenvalue weighted by atomic mass is 32.2. The summed E-state index contributed by atoms with van der Waals surface area (Å²) in [5.74, 6) is 0. The van der Waals surface area contributed by atoms with Gasteiger partial charge in [-0.25, -0.2) is 4.79 Å². The summed E-state index contributed by atoms with van der Waals surface area (Å²) >= 11 is 1.47. The molecule has 0 aromatic carbocycles. The number of rotatable bonds is 5. The normalized spacial score (nSPS) is 19.2. The van der Waals surface area contributed by atoms with Gasteiger partial charge in [0.1, 0.15) is 5.03 Å².